The van der Waals surface area contributed by atoms with Gasteiger partial charge in [-0.1, -0.05) is 13.8 Å². The van der Waals surface area contributed by atoms with Crippen molar-refractivity contribution in [3.8, 4) is 0 Å². The minimum Gasteiger partial charge on any atom is -0.394 e. The Balaban J connectivity index is 0.000000771. The number of aliphatic hydroxyl groups excluding tert-OH is 1. The second-order valence-corrected chi connectivity index (χ2v) is 4.85. The van der Waals surface area contributed by atoms with Crippen molar-refractivity contribution in [1.29, 1.82) is 0 Å². The molecule has 102 valence electrons. The molecule has 1 unspecified atom stereocenters. The van der Waals surface area contributed by atoms with Crippen molar-refractivity contribution >= 4 is 17.2 Å². The minimum atomic E-state index is -0.103. The molecule has 1 aliphatic heterocycles. The predicted molar refractivity (Wildman–Crippen MR) is 72.9 cm³/mol. The fourth-order valence-corrected chi connectivity index (χ4v) is 2.47. The van der Waals surface area contributed by atoms with Crippen LogP contribution >= 0.6 is 11.3 Å². The monoisotopic (exact) mass is 271 g/mol. The number of rotatable bonds is 2. The van der Waals surface area contributed by atoms with Crippen LogP contribution in [0.4, 0.5) is 0 Å². The van der Waals surface area contributed by atoms with Crippen molar-refractivity contribution < 1.29 is 9.90 Å². The van der Waals surface area contributed by atoms with Gasteiger partial charge >= 0.3 is 0 Å². The number of aliphatic hydroxyl groups is 1. The summed E-state index contributed by atoms with van der Waals surface area (Å²) in [6.45, 7) is 6.25. The summed E-state index contributed by atoms with van der Waals surface area (Å²) in [5.41, 5.74) is 1.65. The largest absolute Gasteiger partial charge is 0.394 e. The van der Waals surface area contributed by atoms with E-state index in [-0.39, 0.29) is 18.6 Å². The molecule has 1 N–H and O–H groups in total. The molecular weight excluding hydrogens is 250 g/mol. The summed E-state index contributed by atoms with van der Waals surface area (Å²) in [6, 6.07) is -0.103. The second kappa shape index (κ2) is 7.45. The molecule has 0 spiro atoms. The maximum Gasteiger partial charge on any atom is 0.265 e. The lowest BCUT2D eigenvalue weighted by atomic mass is 10.2. The molecule has 1 amide bonds. The van der Waals surface area contributed by atoms with Gasteiger partial charge in [-0.25, -0.2) is 0 Å². The van der Waals surface area contributed by atoms with Crippen LogP contribution in [0.25, 0.3) is 0 Å². The van der Waals surface area contributed by atoms with Crippen LogP contribution < -0.4 is 0 Å². The van der Waals surface area contributed by atoms with Crippen molar-refractivity contribution in [1.82, 2.24) is 14.8 Å². The van der Waals surface area contributed by atoms with Crippen LogP contribution in [-0.2, 0) is 0 Å². The SMILES string of the molecule is CC.CN1CCN(C(=O)c2cncs2)C(CO)C1. The van der Waals surface area contributed by atoms with E-state index in [1.54, 1.807) is 16.6 Å². The third-order valence-electron chi connectivity index (χ3n) is 2.80. The van der Waals surface area contributed by atoms with Crippen molar-refractivity contribution in [2.45, 2.75) is 19.9 Å². The molecule has 1 aromatic rings. The molecule has 1 fully saturated rings. The van der Waals surface area contributed by atoms with Gasteiger partial charge < -0.3 is 14.9 Å². The van der Waals surface area contributed by atoms with Crippen LogP contribution in [0.5, 0.6) is 0 Å². The van der Waals surface area contributed by atoms with Crippen LogP contribution in [0.2, 0.25) is 0 Å². The Labute approximate surface area is 112 Å². The molecule has 0 aliphatic carbocycles. The highest BCUT2D eigenvalue weighted by Crippen LogP contribution is 2.15. The van der Waals surface area contributed by atoms with Gasteiger partial charge in [0.15, 0.2) is 0 Å². The summed E-state index contributed by atoms with van der Waals surface area (Å²) in [5, 5.41) is 9.29. The molecule has 2 heterocycles. The van der Waals surface area contributed by atoms with Crippen LogP contribution in [0.3, 0.4) is 0 Å². The zero-order valence-electron chi connectivity index (χ0n) is 11.2. The topological polar surface area (TPSA) is 56.7 Å². The van der Waals surface area contributed by atoms with Crippen molar-refractivity contribution in [3.63, 3.8) is 0 Å². The number of hydrogen-bond acceptors (Lipinski definition) is 5. The van der Waals surface area contributed by atoms with E-state index in [0.29, 0.717) is 11.4 Å². The van der Waals surface area contributed by atoms with E-state index < -0.39 is 0 Å². The third kappa shape index (κ3) is 3.51. The highest BCUT2D eigenvalue weighted by molar-refractivity contribution is 7.11. The predicted octanol–water partition coefficient (Wildman–Crippen LogP) is 0.918. The maximum atomic E-state index is 12.1. The van der Waals surface area contributed by atoms with Crippen LogP contribution in [0, 0.1) is 0 Å². The Kier molecular flexibility index (Phi) is 6.24. The molecule has 6 heteroatoms. The first-order chi connectivity index (χ1) is 8.72. The summed E-state index contributed by atoms with van der Waals surface area (Å²) in [4.78, 5) is 20.5. The van der Waals surface area contributed by atoms with E-state index in [4.69, 9.17) is 0 Å². The molecule has 5 nitrogen and oxygen atoms in total. The normalized spacial score (nSPS) is 20.2. The standard InChI is InChI=1S/C10H15N3O2S.C2H6/c1-12-2-3-13(8(5-12)6-14)10(15)9-4-11-7-16-9;1-2/h4,7-8,14H,2-3,5-6H2,1H3;1-2H3. The second-order valence-electron chi connectivity index (χ2n) is 3.96. The van der Waals surface area contributed by atoms with Crippen LogP contribution in [0.15, 0.2) is 11.7 Å². The van der Waals surface area contributed by atoms with Crippen molar-refractivity contribution in [2.75, 3.05) is 33.3 Å². The summed E-state index contributed by atoms with van der Waals surface area (Å²) in [5.74, 6) is -0.0188. The molecule has 0 aromatic carbocycles. The Bertz CT molecular complexity index is 356. The number of amides is 1. The molecule has 2 rings (SSSR count). The van der Waals surface area contributed by atoms with Gasteiger partial charge in [0.25, 0.3) is 5.91 Å². The Morgan fingerprint density at radius 3 is 2.83 bits per heavy atom. The highest BCUT2D eigenvalue weighted by atomic mass is 32.1. The van der Waals surface area contributed by atoms with Gasteiger partial charge in [0, 0.05) is 19.6 Å². The van der Waals surface area contributed by atoms with Gasteiger partial charge in [-0.3, -0.25) is 9.78 Å². The average Bonchev–Trinajstić information content (AvgIpc) is 2.94. The molecule has 1 aromatic heterocycles. The zero-order valence-corrected chi connectivity index (χ0v) is 12.0. The fourth-order valence-electron chi connectivity index (χ4n) is 1.90. The summed E-state index contributed by atoms with van der Waals surface area (Å²) < 4.78 is 0. The lowest BCUT2D eigenvalue weighted by molar-refractivity contribution is 0.0360. The number of carbonyl (C=O) groups excluding carboxylic acids is 1. The smallest absolute Gasteiger partial charge is 0.265 e. The maximum absolute atomic E-state index is 12.1. The Morgan fingerprint density at radius 1 is 1.56 bits per heavy atom. The third-order valence-corrected chi connectivity index (χ3v) is 3.56. The minimum absolute atomic E-state index is 0.00881. The van der Waals surface area contributed by atoms with Gasteiger partial charge in [0.1, 0.15) is 4.88 Å². The fraction of sp³-hybridized carbons (Fsp3) is 0.667. The van der Waals surface area contributed by atoms with Crippen LogP contribution in [-0.4, -0.2) is 65.1 Å². The van der Waals surface area contributed by atoms with Gasteiger partial charge in [0.2, 0.25) is 0 Å². The average molecular weight is 271 g/mol. The van der Waals surface area contributed by atoms with E-state index in [0.717, 1.165) is 13.1 Å². The van der Waals surface area contributed by atoms with E-state index in [1.807, 2.05) is 20.9 Å². The summed E-state index contributed by atoms with van der Waals surface area (Å²) in [7, 11) is 2.00. The number of likely N-dealkylation sites (N-methyl/N-ethyl adjacent to an activating group) is 1. The van der Waals surface area contributed by atoms with Crippen LogP contribution in [0.1, 0.15) is 23.5 Å². The molecular formula is C12H21N3O2S. The molecule has 0 radical (unpaired) electrons. The molecule has 1 atom stereocenters. The van der Waals surface area contributed by atoms with Gasteiger partial charge in [0.05, 0.1) is 24.4 Å². The molecule has 1 aliphatic rings. The zero-order chi connectivity index (χ0) is 13.5. The van der Waals surface area contributed by atoms with Gasteiger partial charge in [-0.15, -0.1) is 11.3 Å². The first-order valence-electron chi connectivity index (χ1n) is 6.21. The molecule has 18 heavy (non-hydrogen) atoms. The van der Waals surface area contributed by atoms with Gasteiger partial charge in [-0.05, 0) is 7.05 Å². The first-order valence-corrected chi connectivity index (χ1v) is 7.09. The lowest BCUT2D eigenvalue weighted by Gasteiger charge is -2.38. The van der Waals surface area contributed by atoms with Crippen molar-refractivity contribution in [3.05, 3.63) is 16.6 Å². The number of carbonyl (C=O) groups is 1. The van der Waals surface area contributed by atoms with E-state index in [2.05, 4.69) is 9.88 Å². The number of piperazine rings is 1. The van der Waals surface area contributed by atoms with E-state index >= 15 is 0 Å². The van der Waals surface area contributed by atoms with E-state index in [1.165, 1.54) is 11.3 Å². The molecule has 0 bridgehead atoms. The molecule has 1 saturated heterocycles. The Morgan fingerprint density at radius 2 is 2.28 bits per heavy atom. The van der Waals surface area contributed by atoms with Crippen molar-refractivity contribution in [2.24, 2.45) is 0 Å². The number of thiazole rings is 1. The number of aromatic nitrogens is 1. The summed E-state index contributed by atoms with van der Waals surface area (Å²) >= 11 is 1.34. The van der Waals surface area contributed by atoms with Gasteiger partial charge in [-0.2, -0.15) is 0 Å². The Hall–Kier alpha value is -0.980. The lowest BCUT2D eigenvalue weighted by Crippen LogP contribution is -2.55. The highest BCUT2D eigenvalue weighted by Gasteiger charge is 2.29. The first kappa shape index (κ1) is 15.1. The number of hydrogen-bond donors (Lipinski definition) is 1. The number of nitrogens with zero attached hydrogens (tertiary/aromatic N) is 3. The quantitative estimate of drug-likeness (QED) is 0.869. The molecule has 0 saturated carbocycles. The summed E-state index contributed by atoms with van der Waals surface area (Å²) in [6.07, 6.45) is 1.58. The van der Waals surface area contributed by atoms with E-state index in [9.17, 15) is 9.90 Å².